The zero-order valence-corrected chi connectivity index (χ0v) is 12.2. The van der Waals surface area contributed by atoms with Crippen molar-refractivity contribution >= 4 is 11.9 Å². The minimum absolute atomic E-state index is 0.000106. The Kier molecular flexibility index (Phi) is 4.22. The monoisotopic (exact) mass is 307 g/mol. The largest absolute Gasteiger partial charge is 0.449 e. The molecule has 0 aromatic heterocycles. The molecule has 1 heterocycles. The first-order valence-electron chi connectivity index (χ1n) is 7.17. The maximum atomic E-state index is 12.1. The van der Waals surface area contributed by atoms with Crippen molar-refractivity contribution in [3.8, 4) is 0 Å². The number of nitrogens with zero attached hydrogens (tertiary/aromatic N) is 1. The molecule has 1 aliphatic heterocycles. The number of carbonyl (C=O) groups excluding carboxylic acids is 2. The van der Waals surface area contributed by atoms with Crippen LogP contribution in [0.15, 0.2) is 0 Å². The fourth-order valence-corrected chi connectivity index (χ4v) is 2.96. The fraction of sp³-hybridized carbons (Fsp3) is 0.857. The van der Waals surface area contributed by atoms with E-state index in [9.17, 15) is 22.8 Å². The number of likely N-dealkylation sites (tertiary alicyclic amines) is 1. The van der Waals surface area contributed by atoms with Crippen LogP contribution in [0, 0.1) is 11.3 Å². The number of piperidine rings is 1. The standard InChI is InChI=1S/C14H20F3NO3/c1-9-3-4-10(13(2)5-6-13)18(7-9)11(19)12(20)21-8-14(15,16)17/h9-10H,3-8H2,1-2H3. The molecule has 0 aromatic rings. The summed E-state index contributed by atoms with van der Waals surface area (Å²) in [5.41, 5.74) is 0.000106. The van der Waals surface area contributed by atoms with E-state index in [-0.39, 0.29) is 17.4 Å². The number of alkyl halides is 3. The Morgan fingerprint density at radius 3 is 2.43 bits per heavy atom. The average Bonchev–Trinajstić information content (AvgIpc) is 3.13. The van der Waals surface area contributed by atoms with Crippen molar-refractivity contribution in [3.63, 3.8) is 0 Å². The molecular weight excluding hydrogens is 287 g/mol. The Balaban J connectivity index is 2.02. The van der Waals surface area contributed by atoms with E-state index in [4.69, 9.17) is 0 Å². The number of ether oxygens (including phenoxy) is 1. The number of amides is 1. The van der Waals surface area contributed by atoms with Crippen LogP contribution in [0.5, 0.6) is 0 Å². The van der Waals surface area contributed by atoms with Crippen molar-refractivity contribution < 1.29 is 27.5 Å². The van der Waals surface area contributed by atoms with Gasteiger partial charge in [-0.25, -0.2) is 4.79 Å². The number of carbonyl (C=O) groups is 2. The summed E-state index contributed by atoms with van der Waals surface area (Å²) < 4.78 is 40.3. The van der Waals surface area contributed by atoms with Crippen LogP contribution in [0.1, 0.15) is 39.5 Å². The normalized spacial score (nSPS) is 28.1. The van der Waals surface area contributed by atoms with Gasteiger partial charge in [-0.2, -0.15) is 13.2 Å². The SMILES string of the molecule is CC1CCC(C2(C)CC2)N(C(=O)C(=O)OCC(F)(F)F)C1. The lowest BCUT2D eigenvalue weighted by Crippen LogP contribution is -2.52. The number of rotatable bonds is 2. The van der Waals surface area contributed by atoms with E-state index in [0.29, 0.717) is 6.54 Å². The third kappa shape index (κ3) is 3.89. The first kappa shape index (κ1) is 16.1. The smallest absolute Gasteiger partial charge is 0.422 e. The summed E-state index contributed by atoms with van der Waals surface area (Å²) in [5, 5.41) is 0. The van der Waals surface area contributed by atoms with E-state index in [1.54, 1.807) is 0 Å². The molecule has 21 heavy (non-hydrogen) atoms. The van der Waals surface area contributed by atoms with Crippen LogP contribution in [-0.4, -0.2) is 42.1 Å². The Hall–Kier alpha value is -1.27. The molecule has 1 saturated heterocycles. The summed E-state index contributed by atoms with van der Waals surface area (Å²) in [6, 6.07) is -0.0698. The third-order valence-corrected chi connectivity index (χ3v) is 4.46. The lowest BCUT2D eigenvalue weighted by molar-refractivity contribution is -0.190. The van der Waals surface area contributed by atoms with Crippen LogP contribution < -0.4 is 0 Å². The minimum atomic E-state index is -4.62. The summed E-state index contributed by atoms with van der Waals surface area (Å²) in [4.78, 5) is 25.1. The van der Waals surface area contributed by atoms with Crippen LogP contribution >= 0.6 is 0 Å². The van der Waals surface area contributed by atoms with E-state index in [0.717, 1.165) is 25.7 Å². The molecule has 2 atom stereocenters. The van der Waals surface area contributed by atoms with Crippen molar-refractivity contribution in [2.45, 2.75) is 51.7 Å². The van der Waals surface area contributed by atoms with E-state index in [1.807, 2.05) is 6.92 Å². The summed E-state index contributed by atoms with van der Waals surface area (Å²) in [7, 11) is 0. The number of esters is 1. The highest BCUT2D eigenvalue weighted by Crippen LogP contribution is 2.52. The van der Waals surface area contributed by atoms with Gasteiger partial charge in [0.1, 0.15) is 0 Å². The molecule has 0 aromatic carbocycles. The Labute approximate surface area is 121 Å². The van der Waals surface area contributed by atoms with Crippen molar-refractivity contribution in [2.24, 2.45) is 11.3 Å². The average molecular weight is 307 g/mol. The van der Waals surface area contributed by atoms with Gasteiger partial charge in [-0.15, -0.1) is 0 Å². The fourth-order valence-electron chi connectivity index (χ4n) is 2.96. The molecule has 0 spiro atoms. The molecule has 2 fully saturated rings. The van der Waals surface area contributed by atoms with Crippen LogP contribution in [0.4, 0.5) is 13.2 Å². The zero-order valence-electron chi connectivity index (χ0n) is 12.2. The van der Waals surface area contributed by atoms with E-state index in [2.05, 4.69) is 11.7 Å². The molecule has 2 rings (SSSR count). The van der Waals surface area contributed by atoms with Crippen molar-refractivity contribution in [1.82, 2.24) is 4.90 Å². The van der Waals surface area contributed by atoms with Gasteiger partial charge < -0.3 is 9.64 Å². The Morgan fingerprint density at radius 2 is 1.90 bits per heavy atom. The van der Waals surface area contributed by atoms with Gasteiger partial charge in [0.05, 0.1) is 0 Å². The summed E-state index contributed by atoms with van der Waals surface area (Å²) >= 11 is 0. The topological polar surface area (TPSA) is 46.6 Å². The van der Waals surface area contributed by atoms with Gasteiger partial charge >= 0.3 is 18.1 Å². The van der Waals surface area contributed by atoms with Gasteiger partial charge in [0, 0.05) is 12.6 Å². The second kappa shape index (κ2) is 5.50. The molecule has 0 radical (unpaired) electrons. The van der Waals surface area contributed by atoms with Crippen molar-refractivity contribution in [3.05, 3.63) is 0 Å². The third-order valence-electron chi connectivity index (χ3n) is 4.46. The molecule has 2 aliphatic rings. The van der Waals surface area contributed by atoms with Crippen LogP contribution in [0.25, 0.3) is 0 Å². The van der Waals surface area contributed by atoms with Gasteiger partial charge in [0.2, 0.25) is 0 Å². The zero-order chi connectivity index (χ0) is 15.8. The predicted molar refractivity (Wildman–Crippen MR) is 68.3 cm³/mol. The van der Waals surface area contributed by atoms with E-state index in [1.165, 1.54) is 4.90 Å². The first-order chi connectivity index (χ1) is 9.62. The van der Waals surface area contributed by atoms with Crippen molar-refractivity contribution in [2.75, 3.05) is 13.2 Å². The maximum Gasteiger partial charge on any atom is 0.422 e. The lowest BCUT2D eigenvalue weighted by Gasteiger charge is -2.41. The highest BCUT2D eigenvalue weighted by atomic mass is 19.4. The maximum absolute atomic E-state index is 12.1. The molecule has 7 heteroatoms. The number of hydrogen-bond donors (Lipinski definition) is 0. The molecular formula is C14H20F3NO3. The summed E-state index contributed by atoms with van der Waals surface area (Å²) in [6.07, 6.45) is -0.911. The molecule has 1 amide bonds. The van der Waals surface area contributed by atoms with Crippen LogP contribution in [-0.2, 0) is 14.3 Å². The minimum Gasteiger partial charge on any atom is -0.449 e. The van der Waals surface area contributed by atoms with Gasteiger partial charge in [-0.3, -0.25) is 4.79 Å². The second-order valence-electron chi connectivity index (χ2n) is 6.50. The molecule has 0 N–H and O–H groups in total. The summed E-state index contributed by atoms with van der Waals surface area (Å²) in [6.45, 7) is 2.70. The van der Waals surface area contributed by atoms with Crippen LogP contribution in [0.2, 0.25) is 0 Å². The molecule has 0 bridgehead atoms. The molecule has 2 unspecified atom stereocenters. The van der Waals surface area contributed by atoms with Crippen LogP contribution in [0.3, 0.4) is 0 Å². The molecule has 1 aliphatic carbocycles. The van der Waals surface area contributed by atoms with E-state index < -0.39 is 24.7 Å². The molecule has 120 valence electrons. The molecule has 1 saturated carbocycles. The predicted octanol–water partition coefficient (Wildman–Crippen LogP) is 2.52. The van der Waals surface area contributed by atoms with Gasteiger partial charge in [-0.1, -0.05) is 13.8 Å². The number of halogens is 3. The highest BCUT2D eigenvalue weighted by molar-refractivity contribution is 6.32. The van der Waals surface area contributed by atoms with Gasteiger partial charge in [0.15, 0.2) is 6.61 Å². The molecule has 4 nitrogen and oxygen atoms in total. The number of hydrogen-bond acceptors (Lipinski definition) is 3. The van der Waals surface area contributed by atoms with Crippen molar-refractivity contribution in [1.29, 1.82) is 0 Å². The van der Waals surface area contributed by atoms with E-state index >= 15 is 0 Å². The summed E-state index contributed by atoms with van der Waals surface area (Å²) in [5.74, 6) is -2.11. The Bertz CT molecular complexity index is 432. The highest BCUT2D eigenvalue weighted by Gasteiger charge is 2.51. The van der Waals surface area contributed by atoms with Gasteiger partial charge in [0.25, 0.3) is 0 Å². The van der Waals surface area contributed by atoms with Gasteiger partial charge in [-0.05, 0) is 37.0 Å². The first-order valence-corrected chi connectivity index (χ1v) is 7.17. The Morgan fingerprint density at radius 1 is 1.29 bits per heavy atom. The quantitative estimate of drug-likeness (QED) is 0.582. The second-order valence-corrected chi connectivity index (χ2v) is 6.50. The lowest BCUT2D eigenvalue weighted by atomic mass is 9.85.